The van der Waals surface area contributed by atoms with Gasteiger partial charge in [0, 0.05) is 51.7 Å². The van der Waals surface area contributed by atoms with E-state index in [0.29, 0.717) is 45.8 Å². The molecule has 0 fully saturated rings. The fourth-order valence-electron chi connectivity index (χ4n) is 6.58. The Morgan fingerprint density at radius 1 is 0.562 bits per heavy atom. The second-order valence-corrected chi connectivity index (χ2v) is 22.5. The van der Waals surface area contributed by atoms with Crippen molar-refractivity contribution < 1.29 is 66.5 Å². The number of ether oxygens (including phenoxy) is 2. The third kappa shape index (κ3) is 20.8. The van der Waals surface area contributed by atoms with Crippen LogP contribution in [0.25, 0.3) is 12.2 Å². The summed E-state index contributed by atoms with van der Waals surface area (Å²) in [5, 5.41) is 61.5. The predicted molar refractivity (Wildman–Crippen MR) is 276 cm³/mol. The number of carbonyl (C=O) groups is 2. The SMILES string of the molecule is CC(C)c1ccc(Oc2nc(N(C)S(C)(=O)=O)nc(C(C)C)c2/C=C/[C@@H](O)C[C@@H](O)CC(=O)[O-])cc1.CC(C)c1ccc(Oc2nc(N(C)S(C)(=O)=O)nc(C(C)C)c2/C=C/[C@@H](O)C[C@@H](O)CC(=O)[O-])cc1.[Ca+2]. The molecule has 4 rings (SSSR count). The summed E-state index contributed by atoms with van der Waals surface area (Å²) in [6.45, 7) is 15.7. The number of hydrogen-bond acceptors (Lipinski definition) is 18. The van der Waals surface area contributed by atoms with Gasteiger partial charge in [-0.05, 0) is 71.2 Å². The summed E-state index contributed by atoms with van der Waals surface area (Å²) in [4.78, 5) is 39.0. The van der Waals surface area contributed by atoms with E-state index in [1.165, 1.54) is 38.4 Å². The molecule has 0 aliphatic carbocycles. The van der Waals surface area contributed by atoms with E-state index >= 15 is 0 Å². The number of sulfonamides is 2. The number of aliphatic hydroxyl groups excluding tert-OH is 4. The quantitative estimate of drug-likeness (QED) is 0.0722. The minimum Gasteiger partial charge on any atom is -0.550 e. The maximum absolute atomic E-state index is 12.2. The van der Waals surface area contributed by atoms with Crippen LogP contribution >= 0.6 is 0 Å². The number of anilines is 2. The molecule has 0 spiro atoms. The van der Waals surface area contributed by atoms with Crippen molar-refractivity contribution in [3.05, 3.63) is 94.3 Å². The maximum atomic E-state index is 12.2. The van der Waals surface area contributed by atoms with Crippen LogP contribution in [0.2, 0.25) is 0 Å². The van der Waals surface area contributed by atoms with Crippen molar-refractivity contribution in [3.8, 4) is 23.3 Å². The molecule has 0 saturated heterocycles. The van der Waals surface area contributed by atoms with Crippen molar-refractivity contribution in [2.45, 2.75) is 129 Å². The number of carboxylic acids is 2. The van der Waals surface area contributed by atoms with E-state index in [2.05, 4.69) is 47.6 Å². The van der Waals surface area contributed by atoms with Crippen molar-refractivity contribution in [3.63, 3.8) is 0 Å². The number of nitrogens with zero attached hydrogens (tertiary/aromatic N) is 6. The van der Waals surface area contributed by atoms with Crippen LogP contribution in [0.5, 0.6) is 23.3 Å². The number of aliphatic hydroxyl groups is 4. The molecule has 0 radical (unpaired) electrons. The predicted octanol–water partition coefficient (Wildman–Crippen LogP) is 3.97. The zero-order valence-electron chi connectivity index (χ0n) is 43.5. The summed E-state index contributed by atoms with van der Waals surface area (Å²) in [5.74, 6) is -1.57. The van der Waals surface area contributed by atoms with E-state index in [4.69, 9.17) is 9.47 Å². The van der Waals surface area contributed by atoms with Crippen LogP contribution in [0, 0.1) is 0 Å². The molecule has 23 heteroatoms. The first kappa shape index (κ1) is 64.3. The number of hydrogen-bond donors (Lipinski definition) is 4. The third-order valence-electron chi connectivity index (χ3n) is 10.8. The minimum atomic E-state index is -3.65. The Labute approximate surface area is 459 Å². The van der Waals surface area contributed by atoms with Gasteiger partial charge in [0.1, 0.15) is 11.5 Å². The summed E-state index contributed by atoms with van der Waals surface area (Å²) in [6, 6.07) is 14.8. The van der Waals surface area contributed by atoms with Crippen molar-refractivity contribution in [2.24, 2.45) is 0 Å². The van der Waals surface area contributed by atoms with Crippen molar-refractivity contribution >= 4 is 93.8 Å². The second kappa shape index (κ2) is 28.8. The van der Waals surface area contributed by atoms with E-state index in [-0.39, 0.29) is 86.1 Å². The van der Waals surface area contributed by atoms with Gasteiger partial charge in [-0.3, -0.25) is 0 Å². The van der Waals surface area contributed by atoms with Crippen molar-refractivity contribution in [1.29, 1.82) is 0 Å². The first-order chi connectivity index (χ1) is 33.4. The molecule has 0 aliphatic rings. The van der Waals surface area contributed by atoms with Gasteiger partial charge >= 0.3 is 37.7 Å². The molecular weight excluding hydrogens is 1010 g/mol. The normalized spacial score (nSPS) is 13.6. The average molecular weight is 1080 g/mol. The second-order valence-electron chi connectivity index (χ2n) is 18.5. The van der Waals surface area contributed by atoms with E-state index in [0.717, 1.165) is 32.2 Å². The topological polar surface area (TPSA) is 306 Å². The molecule has 0 unspecified atom stereocenters. The largest absolute Gasteiger partial charge is 2.00 e. The fourth-order valence-corrected chi connectivity index (χ4v) is 7.34. The molecule has 0 amide bonds. The molecule has 20 nitrogen and oxygen atoms in total. The molecule has 4 aromatic rings. The molecule has 2 heterocycles. The van der Waals surface area contributed by atoms with Gasteiger partial charge in [-0.1, -0.05) is 91.8 Å². The van der Waals surface area contributed by atoms with Gasteiger partial charge in [-0.2, -0.15) is 9.97 Å². The zero-order valence-corrected chi connectivity index (χ0v) is 47.3. The Morgan fingerprint density at radius 3 is 1.11 bits per heavy atom. The van der Waals surface area contributed by atoms with Gasteiger partial charge in [-0.15, -0.1) is 0 Å². The molecule has 2 aromatic carbocycles. The summed E-state index contributed by atoms with van der Waals surface area (Å²) < 4.78 is 62.6. The molecule has 2 aromatic heterocycles. The Kier molecular flexibility index (Phi) is 25.4. The van der Waals surface area contributed by atoms with Crippen molar-refractivity contribution in [2.75, 3.05) is 35.2 Å². The first-order valence-electron chi connectivity index (χ1n) is 23.1. The summed E-state index contributed by atoms with van der Waals surface area (Å²) in [7, 11) is -4.62. The minimum absolute atomic E-state index is 0. The number of benzene rings is 2. The van der Waals surface area contributed by atoms with Crippen LogP contribution in [0.15, 0.2) is 60.7 Å². The number of rotatable bonds is 24. The van der Waals surface area contributed by atoms with Crippen LogP contribution in [-0.2, 0) is 29.6 Å². The number of carboxylic acid groups (broad SMARTS) is 2. The Morgan fingerprint density at radius 2 is 0.863 bits per heavy atom. The molecular formula is C50H68CaN6O14S2. The van der Waals surface area contributed by atoms with Crippen LogP contribution in [0.4, 0.5) is 11.9 Å². The smallest absolute Gasteiger partial charge is 0.550 e. The first-order valence-corrected chi connectivity index (χ1v) is 26.8. The van der Waals surface area contributed by atoms with Crippen LogP contribution in [0.3, 0.4) is 0 Å². The standard InChI is InChI=1S/2C25H35N3O7S.Ca/c2*1-15(2)17-7-10-20(11-8-17)35-24-21(12-9-18(29)13-19(30)14-22(31)32)23(16(3)4)26-25(27-24)28(5)36(6,33)34;/h2*7-12,15-16,18-19,29-30H,13-14H2,1-6H3,(H,31,32);/q;;+2/p-2/b2*12-9+;/t2*18-,19-;/m11./s1. The van der Waals surface area contributed by atoms with Gasteiger partial charge in [0.15, 0.2) is 0 Å². The zero-order chi connectivity index (χ0) is 54.4. The van der Waals surface area contributed by atoms with E-state index in [1.54, 1.807) is 24.3 Å². The molecule has 396 valence electrons. The van der Waals surface area contributed by atoms with E-state index in [1.807, 2.05) is 52.0 Å². The van der Waals surface area contributed by atoms with Gasteiger partial charge < -0.3 is 49.7 Å². The molecule has 0 aliphatic heterocycles. The number of carbonyl (C=O) groups excluding carboxylic acids is 2. The molecule has 0 bridgehead atoms. The van der Waals surface area contributed by atoms with Gasteiger partial charge in [0.25, 0.3) is 0 Å². The molecule has 73 heavy (non-hydrogen) atoms. The molecule has 4 atom stereocenters. The van der Waals surface area contributed by atoms with Crippen LogP contribution < -0.4 is 28.3 Å². The number of aliphatic carboxylic acids is 2. The average Bonchev–Trinajstić information content (AvgIpc) is 3.26. The summed E-state index contributed by atoms with van der Waals surface area (Å²) >= 11 is 0. The van der Waals surface area contributed by atoms with E-state index in [9.17, 15) is 57.1 Å². The van der Waals surface area contributed by atoms with Crippen LogP contribution in [0.1, 0.15) is 138 Å². The third-order valence-corrected chi connectivity index (χ3v) is 13.1. The van der Waals surface area contributed by atoms with Gasteiger partial charge in [0.2, 0.25) is 43.7 Å². The molecule has 4 N–H and O–H groups in total. The van der Waals surface area contributed by atoms with Crippen molar-refractivity contribution in [1.82, 2.24) is 19.9 Å². The van der Waals surface area contributed by atoms with Gasteiger partial charge in [0.05, 0.1) is 59.4 Å². The monoisotopic (exact) mass is 1080 g/mol. The van der Waals surface area contributed by atoms with Crippen LogP contribution in [-0.4, -0.2) is 158 Å². The maximum Gasteiger partial charge on any atom is 2.00 e. The van der Waals surface area contributed by atoms with E-state index < -0.39 is 69.2 Å². The van der Waals surface area contributed by atoms with Gasteiger partial charge in [-0.25, -0.2) is 35.4 Å². The molecule has 0 saturated carbocycles. The fraction of sp³-hybridized carbons (Fsp3) is 0.480. The summed E-state index contributed by atoms with van der Waals surface area (Å²) in [6.07, 6.45) is 1.33. The Bertz CT molecular complexity index is 2550. The Balaban J connectivity index is 0.000000493. The summed E-state index contributed by atoms with van der Waals surface area (Å²) in [5.41, 5.74) is 4.01. The Hall–Kier alpha value is -4.78. The number of aromatic nitrogens is 4.